The van der Waals surface area contributed by atoms with Crippen molar-refractivity contribution in [3.05, 3.63) is 27.3 Å². The van der Waals surface area contributed by atoms with E-state index < -0.39 is 5.51 Å². The van der Waals surface area contributed by atoms with Gasteiger partial charge in [0.15, 0.2) is 0 Å². The molecule has 0 saturated carbocycles. The number of ketones is 1. The van der Waals surface area contributed by atoms with Crippen molar-refractivity contribution >= 4 is 40.1 Å². The number of hydrogen-bond donors (Lipinski definition) is 0. The Labute approximate surface area is 109 Å². The van der Waals surface area contributed by atoms with Crippen LogP contribution >= 0.6 is 34.4 Å². The van der Waals surface area contributed by atoms with Crippen LogP contribution in [0.4, 0.5) is 13.2 Å². The van der Waals surface area contributed by atoms with Crippen molar-refractivity contribution in [3.8, 4) is 0 Å². The molecule has 0 heterocycles. The van der Waals surface area contributed by atoms with E-state index in [9.17, 15) is 18.0 Å². The molecule has 1 nitrogen and oxygen atoms in total. The Kier molecular flexibility index (Phi) is 4.66. The van der Waals surface area contributed by atoms with Crippen LogP contribution in [0.2, 0.25) is 0 Å². The second-order valence-electron chi connectivity index (χ2n) is 3.14. The minimum Gasteiger partial charge on any atom is -0.300 e. The van der Waals surface area contributed by atoms with Crippen molar-refractivity contribution < 1.29 is 18.0 Å². The molecule has 0 aliphatic heterocycles. The second-order valence-corrected chi connectivity index (χ2v) is 5.41. The maximum absolute atomic E-state index is 12.3. The highest BCUT2D eigenvalue weighted by Gasteiger charge is 2.30. The molecule has 1 aromatic rings. The van der Waals surface area contributed by atoms with Gasteiger partial charge in [0.05, 0.1) is 0 Å². The molecular formula is C10H8F3IOS. The van der Waals surface area contributed by atoms with Gasteiger partial charge in [-0.2, -0.15) is 13.2 Å². The fraction of sp³-hybridized carbons (Fsp3) is 0.300. The van der Waals surface area contributed by atoms with Crippen LogP contribution in [0, 0.1) is 3.57 Å². The van der Waals surface area contributed by atoms with Gasteiger partial charge in [-0.25, -0.2) is 0 Å². The number of hydrogen-bond acceptors (Lipinski definition) is 2. The number of rotatable bonds is 3. The van der Waals surface area contributed by atoms with Crippen molar-refractivity contribution in [2.75, 3.05) is 0 Å². The van der Waals surface area contributed by atoms with Crippen molar-refractivity contribution in [1.82, 2.24) is 0 Å². The molecule has 0 spiro atoms. The Balaban J connectivity index is 3.07. The predicted molar refractivity (Wildman–Crippen MR) is 65.5 cm³/mol. The zero-order valence-corrected chi connectivity index (χ0v) is 11.2. The first kappa shape index (κ1) is 13.8. The topological polar surface area (TPSA) is 17.1 Å². The van der Waals surface area contributed by atoms with Gasteiger partial charge < -0.3 is 0 Å². The first-order chi connectivity index (χ1) is 7.29. The SMILES string of the molecule is CC(=O)Cc1c(I)cccc1SC(F)(F)F. The van der Waals surface area contributed by atoms with Crippen LogP contribution in [0.15, 0.2) is 23.1 Å². The van der Waals surface area contributed by atoms with Crippen LogP contribution in [0.1, 0.15) is 12.5 Å². The highest BCUT2D eigenvalue weighted by Crippen LogP contribution is 2.39. The number of carbonyl (C=O) groups is 1. The van der Waals surface area contributed by atoms with E-state index in [0.29, 0.717) is 9.13 Å². The zero-order valence-electron chi connectivity index (χ0n) is 8.27. The van der Waals surface area contributed by atoms with Crippen molar-refractivity contribution in [2.45, 2.75) is 23.7 Å². The van der Waals surface area contributed by atoms with Crippen LogP contribution in [0.5, 0.6) is 0 Å². The Hall–Kier alpha value is -0.240. The average Bonchev–Trinajstić information content (AvgIpc) is 2.08. The zero-order chi connectivity index (χ0) is 12.3. The molecule has 0 N–H and O–H groups in total. The maximum atomic E-state index is 12.3. The molecule has 0 fully saturated rings. The molecule has 6 heteroatoms. The molecule has 1 aromatic carbocycles. The lowest BCUT2D eigenvalue weighted by Crippen LogP contribution is -2.05. The van der Waals surface area contributed by atoms with Gasteiger partial charge in [0.2, 0.25) is 0 Å². The maximum Gasteiger partial charge on any atom is 0.446 e. The van der Waals surface area contributed by atoms with Gasteiger partial charge in [0.25, 0.3) is 0 Å². The summed E-state index contributed by atoms with van der Waals surface area (Å²) in [4.78, 5) is 11.1. The molecular weight excluding hydrogens is 352 g/mol. The van der Waals surface area contributed by atoms with Gasteiger partial charge in [-0.05, 0) is 59.0 Å². The molecule has 0 atom stereocenters. The highest BCUT2D eigenvalue weighted by molar-refractivity contribution is 14.1. The molecule has 0 amide bonds. The molecule has 16 heavy (non-hydrogen) atoms. The minimum absolute atomic E-state index is 0.0392. The fourth-order valence-corrected chi connectivity index (χ4v) is 2.75. The number of carbonyl (C=O) groups excluding carboxylic acids is 1. The predicted octanol–water partition coefficient (Wildman–Crippen LogP) is 4.03. The lowest BCUT2D eigenvalue weighted by molar-refractivity contribution is -0.116. The van der Waals surface area contributed by atoms with Gasteiger partial charge in [-0.1, -0.05) is 6.07 Å². The Morgan fingerprint density at radius 2 is 2.06 bits per heavy atom. The van der Waals surface area contributed by atoms with E-state index >= 15 is 0 Å². The number of alkyl halides is 3. The lowest BCUT2D eigenvalue weighted by atomic mass is 10.1. The van der Waals surface area contributed by atoms with Crippen molar-refractivity contribution in [2.24, 2.45) is 0 Å². The highest BCUT2D eigenvalue weighted by atomic mass is 127. The quantitative estimate of drug-likeness (QED) is 0.598. The van der Waals surface area contributed by atoms with Gasteiger partial charge in [-0.15, -0.1) is 0 Å². The molecule has 88 valence electrons. The molecule has 0 bridgehead atoms. The van der Waals surface area contributed by atoms with Crippen LogP contribution in [0.25, 0.3) is 0 Å². The summed E-state index contributed by atoms with van der Waals surface area (Å²) < 4.78 is 37.5. The summed E-state index contributed by atoms with van der Waals surface area (Å²) in [5, 5.41) is 0. The first-order valence-electron chi connectivity index (χ1n) is 4.32. The molecule has 0 saturated heterocycles. The standard InChI is InChI=1S/C10H8F3IOS/c1-6(15)5-7-8(14)3-2-4-9(7)16-10(11,12)13/h2-4H,5H2,1H3. The second kappa shape index (κ2) is 5.39. The monoisotopic (exact) mass is 360 g/mol. The smallest absolute Gasteiger partial charge is 0.300 e. The van der Waals surface area contributed by atoms with E-state index in [2.05, 4.69) is 0 Å². The Morgan fingerprint density at radius 1 is 1.44 bits per heavy atom. The summed E-state index contributed by atoms with van der Waals surface area (Å²) in [5.74, 6) is -0.145. The van der Waals surface area contributed by atoms with Crippen molar-refractivity contribution in [3.63, 3.8) is 0 Å². The summed E-state index contributed by atoms with van der Waals surface area (Å²) >= 11 is 1.76. The van der Waals surface area contributed by atoms with Crippen LogP contribution in [-0.2, 0) is 11.2 Å². The molecule has 0 aliphatic rings. The molecule has 0 aliphatic carbocycles. The van der Waals surface area contributed by atoms with Crippen LogP contribution in [0.3, 0.4) is 0 Å². The van der Waals surface area contributed by atoms with E-state index in [1.807, 2.05) is 22.6 Å². The average molecular weight is 360 g/mol. The molecule has 0 aromatic heterocycles. The largest absolute Gasteiger partial charge is 0.446 e. The van der Waals surface area contributed by atoms with Gasteiger partial charge in [0.1, 0.15) is 5.78 Å². The van der Waals surface area contributed by atoms with E-state index in [1.54, 1.807) is 12.1 Å². The Bertz CT molecular complexity index is 404. The van der Waals surface area contributed by atoms with Crippen LogP contribution < -0.4 is 0 Å². The number of thioether (sulfide) groups is 1. The number of benzene rings is 1. The number of halogens is 4. The molecule has 1 rings (SSSR count). The fourth-order valence-electron chi connectivity index (χ4n) is 1.18. The summed E-state index contributed by atoms with van der Waals surface area (Å²) in [6.45, 7) is 1.37. The summed E-state index contributed by atoms with van der Waals surface area (Å²) in [6, 6.07) is 4.64. The van der Waals surface area contributed by atoms with Crippen molar-refractivity contribution in [1.29, 1.82) is 0 Å². The summed E-state index contributed by atoms with van der Waals surface area (Å²) in [7, 11) is 0. The van der Waals surface area contributed by atoms with E-state index in [4.69, 9.17) is 0 Å². The van der Waals surface area contributed by atoms with Gasteiger partial charge in [0, 0.05) is 14.9 Å². The number of Topliss-reactive ketones (excluding diaryl/α,β-unsaturated/α-hetero) is 1. The van der Waals surface area contributed by atoms with Gasteiger partial charge >= 0.3 is 5.51 Å². The molecule has 0 radical (unpaired) electrons. The van der Waals surface area contributed by atoms with E-state index in [1.165, 1.54) is 13.0 Å². The lowest BCUT2D eigenvalue weighted by Gasteiger charge is -2.11. The third kappa shape index (κ3) is 4.32. The van der Waals surface area contributed by atoms with Gasteiger partial charge in [-0.3, -0.25) is 4.79 Å². The Morgan fingerprint density at radius 3 is 2.56 bits per heavy atom. The van der Waals surface area contributed by atoms with E-state index in [-0.39, 0.29) is 28.9 Å². The summed E-state index contributed by atoms with van der Waals surface area (Å²) in [5.41, 5.74) is -3.87. The summed E-state index contributed by atoms with van der Waals surface area (Å²) in [6.07, 6.45) is 0.0392. The van der Waals surface area contributed by atoms with E-state index in [0.717, 1.165) is 0 Å². The third-order valence-corrected chi connectivity index (χ3v) is 3.57. The van der Waals surface area contributed by atoms with Crippen LogP contribution in [-0.4, -0.2) is 11.3 Å². The normalized spacial score (nSPS) is 11.6. The minimum atomic E-state index is -4.32. The third-order valence-electron chi connectivity index (χ3n) is 1.73. The first-order valence-corrected chi connectivity index (χ1v) is 6.21. The molecule has 0 unspecified atom stereocenters.